The summed E-state index contributed by atoms with van der Waals surface area (Å²) in [5.41, 5.74) is 7.00. The average Bonchev–Trinajstić information content (AvgIpc) is 3.36. The van der Waals surface area contributed by atoms with Crippen LogP contribution in [0.2, 0.25) is 0 Å². The van der Waals surface area contributed by atoms with E-state index in [-0.39, 0.29) is 11.5 Å². The highest BCUT2D eigenvalue weighted by Gasteiger charge is 2.15. The lowest BCUT2D eigenvalue weighted by Gasteiger charge is -2.05. The van der Waals surface area contributed by atoms with Crippen LogP contribution < -0.4 is 5.73 Å². The third-order valence-electron chi connectivity index (χ3n) is 3.89. The Morgan fingerprint density at radius 2 is 1.25 bits per heavy atom. The van der Waals surface area contributed by atoms with E-state index in [9.17, 15) is 18.9 Å². The fraction of sp³-hybridized carbons (Fsp3) is 0. The smallest absolute Gasteiger partial charge is 0.296 e. The Kier molecular flexibility index (Phi) is 5.50. The third kappa shape index (κ3) is 4.24. The molecule has 2 aromatic heterocycles. The molecule has 0 saturated heterocycles. The lowest BCUT2D eigenvalue weighted by molar-refractivity contribution is -0.384. The van der Waals surface area contributed by atoms with Crippen molar-refractivity contribution in [2.45, 2.75) is 0 Å². The summed E-state index contributed by atoms with van der Waals surface area (Å²) in [4.78, 5) is 10.1. The number of halogens is 2. The molecule has 6 nitrogen and oxygen atoms in total. The number of hydrogen-bond donors (Lipinski definition) is 1. The first-order valence-electron chi connectivity index (χ1n) is 8.21. The van der Waals surface area contributed by atoms with Gasteiger partial charge < -0.3 is 14.9 Å². The van der Waals surface area contributed by atoms with Crippen LogP contribution in [0, 0.1) is 21.7 Å². The van der Waals surface area contributed by atoms with E-state index in [1.54, 1.807) is 35.2 Å². The van der Waals surface area contributed by atoms with Crippen LogP contribution in [0.5, 0.6) is 0 Å². The first-order valence-corrected chi connectivity index (χ1v) is 8.21. The van der Waals surface area contributed by atoms with Crippen LogP contribution in [0.15, 0.2) is 85.5 Å². The lowest BCUT2D eigenvalue weighted by Crippen LogP contribution is -1.98. The second kappa shape index (κ2) is 8.17. The molecule has 0 spiro atoms. The molecule has 0 fully saturated rings. The summed E-state index contributed by atoms with van der Waals surface area (Å²) < 4.78 is 28.9. The van der Waals surface area contributed by atoms with Gasteiger partial charge in [0.05, 0.1) is 22.4 Å². The summed E-state index contributed by atoms with van der Waals surface area (Å²) >= 11 is 0. The van der Waals surface area contributed by atoms with Crippen molar-refractivity contribution in [2.24, 2.45) is 0 Å². The Balaban J connectivity index is 0.000000162. The Morgan fingerprint density at radius 1 is 0.786 bits per heavy atom. The van der Waals surface area contributed by atoms with Gasteiger partial charge in [-0.05, 0) is 54.6 Å². The summed E-state index contributed by atoms with van der Waals surface area (Å²) in [5.74, 6) is -0.925. The molecule has 0 unspecified atom stereocenters. The molecule has 0 radical (unpaired) electrons. The van der Waals surface area contributed by atoms with Crippen molar-refractivity contribution in [3.63, 3.8) is 0 Å². The fourth-order valence-corrected chi connectivity index (χ4v) is 2.61. The van der Waals surface area contributed by atoms with E-state index in [4.69, 9.17) is 5.73 Å². The second-order valence-electron chi connectivity index (χ2n) is 5.77. The summed E-state index contributed by atoms with van der Waals surface area (Å²) in [6.07, 6.45) is 7.06. The summed E-state index contributed by atoms with van der Waals surface area (Å²) in [6, 6.07) is 15.1. The molecule has 142 valence electrons. The van der Waals surface area contributed by atoms with Gasteiger partial charge in [-0.3, -0.25) is 10.1 Å². The zero-order valence-electron chi connectivity index (χ0n) is 14.6. The Bertz CT molecular complexity index is 1080. The van der Waals surface area contributed by atoms with Gasteiger partial charge in [0.1, 0.15) is 17.3 Å². The van der Waals surface area contributed by atoms with Crippen molar-refractivity contribution in [1.82, 2.24) is 9.13 Å². The monoisotopic (exact) mass is 382 g/mol. The first kappa shape index (κ1) is 18.8. The number of benzene rings is 2. The van der Waals surface area contributed by atoms with Gasteiger partial charge in [0.25, 0.3) is 5.69 Å². The number of nitrogens with two attached hydrogens (primary N) is 1. The lowest BCUT2D eigenvalue weighted by atomic mass is 10.2. The maximum atomic E-state index is 12.8. The SMILES string of the molecule is Nc1cc(F)ccc1-n1cccc1.O=[N+]([O-])c1cc(F)ccc1-n1cccc1. The predicted octanol–water partition coefficient (Wildman–Crippen LogP) is 4.72. The van der Waals surface area contributed by atoms with Crippen molar-refractivity contribution in [3.8, 4) is 11.4 Å². The number of rotatable bonds is 3. The molecule has 0 amide bonds. The normalized spacial score (nSPS) is 10.2. The summed E-state index contributed by atoms with van der Waals surface area (Å²) in [7, 11) is 0. The van der Waals surface area contributed by atoms with Gasteiger partial charge in [-0.25, -0.2) is 8.78 Å². The molecule has 4 rings (SSSR count). The largest absolute Gasteiger partial charge is 0.397 e. The zero-order valence-corrected chi connectivity index (χ0v) is 14.6. The highest BCUT2D eigenvalue weighted by Crippen LogP contribution is 2.23. The summed E-state index contributed by atoms with van der Waals surface area (Å²) in [5, 5.41) is 10.7. The molecule has 0 aliphatic heterocycles. The number of nitrogens with zero attached hydrogens (tertiary/aromatic N) is 3. The molecular formula is C20H16F2N4O2. The number of nitrogen functional groups attached to an aromatic ring is 1. The maximum absolute atomic E-state index is 12.8. The Hall–Kier alpha value is -3.94. The molecule has 0 aliphatic carbocycles. The molecular weight excluding hydrogens is 366 g/mol. The van der Waals surface area contributed by atoms with Crippen molar-refractivity contribution in [3.05, 3.63) is 107 Å². The van der Waals surface area contributed by atoms with Crippen LogP contribution in [-0.2, 0) is 0 Å². The minimum absolute atomic E-state index is 0.244. The van der Waals surface area contributed by atoms with E-state index < -0.39 is 10.7 Å². The Labute approximate surface area is 159 Å². The molecule has 0 atom stereocenters. The highest BCUT2D eigenvalue weighted by atomic mass is 19.1. The van der Waals surface area contributed by atoms with Gasteiger partial charge in [0.2, 0.25) is 0 Å². The van der Waals surface area contributed by atoms with Gasteiger partial charge in [-0.1, -0.05) is 0 Å². The molecule has 0 aliphatic rings. The van der Waals surface area contributed by atoms with Crippen molar-refractivity contribution in [1.29, 1.82) is 0 Å². The molecule has 4 aromatic rings. The first-order chi connectivity index (χ1) is 13.5. The van der Waals surface area contributed by atoms with Crippen molar-refractivity contribution >= 4 is 11.4 Å². The predicted molar refractivity (Wildman–Crippen MR) is 103 cm³/mol. The van der Waals surface area contributed by atoms with E-state index in [2.05, 4.69) is 0 Å². The highest BCUT2D eigenvalue weighted by molar-refractivity contribution is 5.57. The third-order valence-corrected chi connectivity index (χ3v) is 3.89. The Morgan fingerprint density at radius 3 is 1.75 bits per heavy atom. The van der Waals surface area contributed by atoms with Gasteiger partial charge in [0, 0.05) is 24.8 Å². The minimum atomic E-state index is -0.613. The number of nitro benzene ring substituents is 1. The fourth-order valence-electron chi connectivity index (χ4n) is 2.61. The molecule has 8 heteroatoms. The average molecular weight is 382 g/mol. The molecule has 28 heavy (non-hydrogen) atoms. The number of hydrogen-bond acceptors (Lipinski definition) is 3. The number of anilines is 1. The van der Waals surface area contributed by atoms with Crippen molar-refractivity contribution in [2.75, 3.05) is 5.73 Å². The van der Waals surface area contributed by atoms with Gasteiger partial charge >= 0.3 is 0 Å². The molecule has 0 bridgehead atoms. The van der Waals surface area contributed by atoms with Crippen LogP contribution in [0.4, 0.5) is 20.2 Å². The summed E-state index contributed by atoms with van der Waals surface area (Å²) in [6.45, 7) is 0. The van der Waals surface area contributed by atoms with Gasteiger partial charge in [-0.2, -0.15) is 0 Å². The van der Waals surface area contributed by atoms with Crippen LogP contribution >= 0.6 is 0 Å². The molecule has 2 heterocycles. The van der Waals surface area contributed by atoms with Crippen LogP contribution in [0.3, 0.4) is 0 Å². The standard InChI is InChI=1S/C10H7FN2O2.C10H9FN2/c11-8-3-4-9(10(7-8)13(14)15)12-5-1-2-6-12;11-8-3-4-10(9(12)7-8)13-5-1-2-6-13/h1-7H;1-7H,12H2. The van der Waals surface area contributed by atoms with Crippen LogP contribution in [0.25, 0.3) is 11.4 Å². The quantitative estimate of drug-likeness (QED) is 0.316. The second-order valence-corrected chi connectivity index (χ2v) is 5.77. The molecule has 0 saturated carbocycles. The number of aromatic nitrogens is 2. The van der Waals surface area contributed by atoms with E-state index in [1.807, 2.05) is 29.1 Å². The number of nitro groups is 1. The molecule has 2 aromatic carbocycles. The topological polar surface area (TPSA) is 79.0 Å². The van der Waals surface area contributed by atoms with Crippen LogP contribution in [-0.4, -0.2) is 14.1 Å². The van der Waals surface area contributed by atoms with Gasteiger partial charge in [0.15, 0.2) is 0 Å². The maximum Gasteiger partial charge on any atom is 0.296 e. The van der Waals surface area contributed by atoms with E-state index in [1.165, 1.54) is 24.3 Å². The minimum Gasteiger partial charge on any atom is -0.397 e. The molecule has 2 N–H and O–H groups in total. The van der Waals surface area contributed by atoms with E-state index >= 15 is 0 Å². The van der Waals surface area contributed by atoms with Crippen molar-refractivity contribution < 1.29 is 13.7 Å². The van der Waals surface area contributed by atoms with E-state index in [0.717, 1.165) is 11.8 Å². The van der Waals surface area contributed by atoms with Crippen LogP contribution in [0.1, 0.15) is 0 Å². The zero-order chi connectivity index (χ0) is 20.1. The van der Waals surface area contributed by atoms with Gasteiger partial charge in [-0.15, -0.1) is 0 Å². The van der Waals surface area contributed by atoms with E-state index in [0.29, 0.717) is 11.4 Å².